The molecular formula is C24H23BrF2N2. The second-order valence-electron chi connectivity index (χ2n) is 7.77. The summed E-state index contributed by atoms with van der Waals surface area (Å²) in [6.45, 7) is -0.694. The van der Waals surface area contributed by atoms with E-state index in [4.69, 9.17) is 0 Å². The fourth-order valence-electron chi connectivity index (χ4n) is 4.36. The molecule has 0 N–H and O–H groups in total. The van der Waals surface area contributed by atoms with Crippen LogP contribution in [-0.4, -0.2) is 22.3 Å². The average molecular weight is 457 g/mol. The lowest BCUT2D eigenvalue weighted by molar-refractivity contribution is 0.0559. The molecule has 1 aromatic heterocycles. The summed E-state index contributed by atoms with van der Waals surface area (Å²) >= 11 is 3.32. The highest BCUT2D eigenvalue weighted by Crippen LogP contribution is 2.47. The van der Waals surface area contributed by atoms with Crippen LogP contribution in [0.2, 0.25) is 0 Å². The number of aromatic nitrogens is 2. The Morgan fingerprint density at radius 3 is 2.17 bits per heavy atom. The van der Waals surface area contributed by atoms with Gasteiger partial charge in [-0.2, -0.15) is 0 Å². The van der Waals surface area contributed by atoms with Gasteiger partial charge in [0.05, 0.1) is 11.1 Å². The molecule has 1 atom stereocenters. The third-order valence-corrected chi connectivity index (χ3v) is 6.47. The van der Waals surface area contributed by atoms with Crippen LogP contribution < -0.4 is 0 Å². The van der Waals surface area contributed by atoms with Gasteiger partial charge in [-0.25, -0.2) is 14.4 Å². The Labute approximate surface area is 178 Å². The first kappa shape index (κ1) is 20.1. The van der Waals surface area contributed by atoms with Crippen LogP contribution in [0, 0.1) is 0 Å². The third-order valence-electron chi connectivity index (χ3n) is 6.06. The monoisotopic (exact) mass is 456 g/mol. The smallest absolute Gasteiger partial charge is 0.159 e. The zero-order valence-corrected chi connectivity index (χ0v) is 17.7. The van der Waals surface area contributed by atoms with Crippen molar-refractivity contribution in [2.45, 2.75) is 43.2 Å². The topological polar surface area (TPSA) is 25.8 Å². The highest BCUT2D eigenvalue weighted by molar-refractivity contribution is 9.10. The van der Waals surface area contributed by atoms with Gasteiger partial charge in [0, 0.05) is 23.9 Å². The molecule has 150 valence electrons. The van der Waals surface area contributed by atoms with E-state index in [-0.39, 0.29) is 0 Å². The molecule has 3 aromatic rings. The summed E-state index contributed by atoms with van der Waals surface area (Å²) in [5, 5.41) is 0. The average Bonchev–Trinajstić information content (AvgIpc) is 2.76. The molecule has 0 radical (unpaired) electrons. The lowest BCUT2D eigenvalue weighted by atomic mass is 9.70. The summed E-state index contributed by atoms with van der Waals surface area (Å²) in [5.74, 6) is 0.214. The number of nitrogens with zero attached hydrogens (tertiary/aromatic N) is 2. The Kier molecular flexibility index (Phi) is 6.04. The molecule has 1 fully saturated rings. The Bertz CT molecular complexity index is 921. The van der Waals surface area contributed by atoms with Crippen LogP contribution in [0.15, 0.2) is 71.5 Å². The van der Waals surface area contributed by atoms with Gasteiger partial charge in [-0.05, 0) is 58.7 Å². The van der Waals surface area contributed by atoms with Crippen LogP contribution >= 0.6 is 15.9 Å². The van der Waals surface area contributed by atoms with Crippen molar-refractivity contribution < 1.29 is 8.78 Å². The highest BCUT2D eigenvalue weighted by Gasteiger charge is 2.43. The van der Waals surface area contributed by atoms with E-state index in [2.05, 4.69) is 38.0 Å². The molecule has 1 aliphatic rings. The SMILES string of the molecule is FCC(c1ccc(-c2ncc(Br)cn2)cc1)C1(F)CCC(c2ccccc2)CC1. The number of benzene rings is 2. The highest BCUT2D eigenvalue weighted by atomic mass is 79.9. The Hall–Kier alpha value is -2.14. The number of alkyl halides is 2. The maximum absolute atomic E-state index is 15.8. The van der Waals surface area contributed by atoms with Gasteiger partial charge < -0.3 is 0 Å². The second-order valence-corrected chi connectivity index (χ2v) is 8.69. The van der Waals surface area contributed by atoms with Gasteiger partial charge in [-0.1, -0.05) is 54.6 Å². The van der Waals surface area contributed by atoms with Crippen LogP contribution in [0.5, 0.6) is 0 Å². The first-order valence-corrected chi connectivity index (χ1v) is 10.8. The van der Waals surface area contributed by atoms with E-state index >= 15 is 4.39 Å². The number of hydrogen-bond acceptors (Lipinski definition) is 2. The van der Waals surface area contributed by atoms with E-state index in [1.165, 1.54) is 5.56 Å². The van der Waals surface area contributed by atoms with Crippen LogP contribution in [0.25, 0.3) is 11.4 Å². The zero-order chi connectivity index (χ0) is 20.3. The van der Waals surface area contributed by atoms with Crippen molar-refractivity contribution in [2.24, 2.45) is 0 Å². The lowest BCUT2D eigenvalue weighted by Gasteiger charge is -2.39. The number of rotatable bonds is 5. The van der Waals surface area contributed by atoms with Gasteiger partial charge in [0.1, 0.15) is 5.67 Å². The standard InChI is InChI=1S/C24H23BrF2N2/c25-21-15-28-23(29-16-21)20-8-6-19(7-9-20)22(14-26)24(27)12-10-18(11-13-24)17-4-2-1-3-5-17/h1-9,15-16,18,22H,10-14H2. The minimum atomic E-state index is -1.50. The van der Waals surface area contributed by atoms with Crippen molar-refractivity contribution in [1.82, 2.24) is 9.97 Å². The molecular weight excluding hydrogens is 434 g/mol. The summed E-state index contributed by atoms with van der Waals surface area (Å²) in [5.41, 5.74) is 1.29. The van der Waals surface area contributed by atoms with Crippen molar-refractivity contribution in [1.29, 1.82) is 0 Å². The molecule has 5 heteroatoms. The molecule has 4 rings (SSSR count). The van der Waals surface area contributed by atoms with Gasteiger partial charge in [-0.3, -0.25) is 4.39 Å². The predicted octanol–water partition coefficient (Wildman–Crippen LogP) is 7.03. The van der Waals surface area contributed by atoms with E-state index in [1.807, 2.05) is 42.5 Å². The minimum absolute atomic E-state index is 0.359. The Morgan fingerprint density at radius 1 is 0.966 bits per heavy atom. The summed E-state index contributed by atoms with van der Waals surface area (Å²) in [6.07, 6.45) is 5.64. The molecule has 0 spiro atoms. The number of hydrogen-bond donors (Lipinski definition) is 0. The predicted molar refractivity (Wildman–Crippen MR) is 115 cm³/mol. The quantitative estimate of drug-likeness (QED) is 0.411. The van der Waals surface area contributed by atoms with Gasteiger partial charge in [-0.15, -0.1) is 0 Å². The Balaban J connectivity index is 1.49. The molecule has 1 heterocycles. The van der Waals surface area contributed by atoms with Gasteiger partial charge in [0.2, 0.25) is 0 Å². The van der Waals surface area contributed by atoms with Gasteiger partial charge >= 0.3 is 0 Å². The van der Waals surface area contributed by atoms with Crippen molar-refractivity contribution in [2.75, 3.05) is 6.67 Å². The van der Waals surface area contributed by atoms with Gasteiger partial charge in [0.15, 0.2) is 5.82 Å². The van der Waals surface area contributed by atoms with E-state index in [9.17, 15) is 4.39 Å². The Morgan fingerprint density at radius 2 is 1.59 bits per heavy atom. The normalized spacial score (nSPS) is 22.9. The molecule has 2 aromatic carbocycles. The molecule has 0 bridgehead atoms. The summed E-state index contributed by atoms with van der Waals surface area (Å²) < 4.78 is 30.6. The summed E-state index contributed by atoms with van der Waals surface area (Å²) in [6, 6.07) is 17.6. The van der Waals surface area contributed by atoms with Crippen molar-refractivity contribution in [3.05, 3.63) is 82.6 Å². The van der Waals surface area contributed by atoms with Crippen molar-refractivity contribution in [3.8, 4) is 11.4 Å². The van der Waals surface area contributed by atoms with Crippen LogP contribution in [-0.2, 0) is 0 Å². The van der Waals surface area contributed by atoms with Crippen molar-refractivity contribution in [3.63, 3.8) is 0 Å². The van der Waals surface area contributed by atoms with E-state index in [0.29, 0.717) is 30.1 Å². The van der Waals surface area contributed by atoms with Gasteiger partial charge in [0.25, 0.3) is 0 Å². The maximum Gasteiger partial charge on any atom is 0.159 e. The molecule has 0 aliphatic heterocycles. The fourth-order valence-corrected chi connectivity index (χ4v) is 4.56. The fraction of sp³-hybridized carbons (Fsp3) is 0.333. The second kappa shape index (κ2) is 8.70. The van der Waals surface area contributed by atoms with Crippen LogP contribution in [0.3, 0.4) is 0 Å². The first-order chi connectivity index (χ1) is 14.1. The molecule has 2 nitrogen and oxygen atoms in total. The van der Waals surface area contributed by atoms with Crippen molar-refractivity contribution >= 4 is 15.9 Å². The molecule has 1 aliphatic carbocycles. The van der Waals surface area contributed by atoms with E-state index in [0.717, 1.165) is 22.9 Å². The maximum atomic E-state index is 15.8. The largest absolute Gasteiger partial charge is 0.250 e. The summed E-state index contributed by atoms with van der Waals surface area (Å²) in [7, 11) is 0. The summed E-state index contributed by atoms with van der Waals surface area (Å²) in [4.78, 5) is 8.56. The molecule has 0 amide bonds. The minimum Gasteiger partial charge on any atom is -0.250 e. The first-order valence-electron chi connectivity index (χ1n) is 9.97. The molecule has 1 unspecified atom stereocenters. The van der Waals surface area contributed by atoms with Crippen LogP contribution in [0.4, 0.5) is 8.78 Å². The lowest BCUT2D eigenvalue weighted by Crippen LogP contribution is -2.36. The van der Waals surface area contributed by atoms with E-state index in [1.54, 1.807) is 12.4 Å². The van der Waals surface area contributed by atoms with E-state index < -0.39 is 18.3 Å². The molecule has 0 saturated heterocycles. The third kappa shape index (κ3) is 4.40. The molecule has 1 saturated carbocycles. The molecule has 29 heavy (non-hydrogen) atoms. The van der Waals surface area contributed by atoms with Crippen LogP contribution in [0.1, 0.15) is 48.6 Å². The number of halogens is 3. The zero-order valence-electron chi connectivity index (χ0n) is 16.1.